The van der Waals surface area contributed by atoms with Crippen LogP contribution in [0.2, 0.25) is 0 Å². The van der Waals surface area contributed by atoms with Gasteiger partial charge >= 0.3 is 0 Å². The maximum Gasteiger partial charge on any atom is 0.251 e. The average Bonchev–Trinajstić information content (AvgIpc) is 3.09. The molecule has 0 aromatic heterocycles. The van der Waals surface area contributed by atoms with Crippen LogP contribution in [0.5, 0.6) is 11.5 Å². The summed E-state index contributed by atoms with van der Waals surface area (Å²) in [6.45, 7) is 4.03. The molecular weight excluding hydrogens is 416 g/mol. The summed E-state index contributed by atoms with van der Waals surface area (Å²) in [5.74, 6) is 1.11. The van der Waals surface area contributed by atoms with E-state index in [4.69, 9.17) is 9.47 Å². The predicted octanol–water partition coefficient (Wildman–Crippen LogP) is 3.51. The smallest absolute Gasteiger partial charge is 0.251 e. The fourth-order valence-electron chi connectivity index (χ4n) is 3.90. The standard InChI is InChI=1S/C23H28N2O5S/c1-17(19-8-11-21-22(16-19)30-15-14-29-21)24-23(26)18-6-9-20(10-7-18)31(27,28)25-12-4-2-3-5-13-25/h6-11,16-17H,2-5,12-15H2,1H3,(H,24,26)/t17-/m0/s1. The molecule has 0 bridgehead atoms. The molecule has 0 spiro atoms. The number of nitrogens with zero attached hydrogens (tertiary/aromatic N) is 1. The number of rotatable bonds is 5. The van der Waals surface area contributed by atoms with Gasteiger partial charge < -0.3 is 14.8 Å². The monoisotopic (exact) mass is 444 g/mol. The van der Waals surface area contributed by atoms with Gasteiger partial charge in [-0.3, -0.25) is 4.79 Å². The van der Waals surface area contributed by atoms with Crippen LogP contribution in [0.1, 0.15) is 54.6 Å². The fourth-order valence-corrected chi connectivity index (χ4v) is 5.42. The number of carbonyl (C=O) groups is 1. The molecule has 0 aliphatic carbocycles. The lowest BCUT2D eigenvalue weighted by molar-refractivity contribution is 0.0939. The summed E-state index contributed by atoms with van der Waals surface area (Å²) in [5, 5.41) is 2.95. The molecule has 1 fully saturated rings. The number of fused-ring (bicyclic) bond motifs is 1. The highest BCUT2D eigenvalue weighted by Crippen LogP contribution is 2.32. The van der Waals surface area contributed by atoms with Crippen molar-refractivity contribution in [2.45, 2.75) is 43.5 Å². The number of hydrogen-bond donors (Lipinski definition) is 1. The van der Waals surface area contributed by atoms with E-state index in [1.54, 1.807) is 16.4 Å². The molecule has 8 heteroatoms. The summed E-state index contributed by atoms with van der Waals surface area (Å²) >= 11 is 0. The first-order chi connectivity index (χ1) is 14.9. The third-order valence-corrected chi connectivity index (χ3v) is 7.65. The van der Waals surface area contributed by atoms with Crippen molar-refractivity contribution in [3.05, 3.63) is 53.6 Å². The normalized spacial score (nSPS) is 18.1. The Morgan fingerprint density at radius 1 is 0.935 bits per heavy atom. The highest BCUT2D eigenvalue weighted by molar-refractivity contribution is 7.89. The van der Waals surface area contributed by atoms with Gasteiger partial charge in [0.1, 0.15) is 13.2 Å². The topological polar surface area (TPSA) is 84.9 Å². The maximum absolute atomic E-state index is 12.9. The molecule has 1 atom stereocenters. The summed E-state index contributed by atoms with van der Waals surface area (Å²) in [5.41, 5.74) is 1.32. The summed E-state index contributed by atoms with van der Waals surface area (Å²) in [6, 6.07) is 11.5. The van der Waals surface area contributed by atoms with Gasteiger partial charge in [0.15, 0.2) is 11.5 Å². The van der Waals surface area contributed by atoms with Gasteiger partial charge in [-0.1, -0.05) is 18.9 Å². The van der Waals surface area contributed by atoms with Crippen LogP contribution in [-0.4, -0.2) is 44.9 Å². The minimum Gasteiger partial charge on any atom is -0.486 e. The Kier molecular flexibility index (Phi) is 6.48. The van der Waals surface area contributed by atoms with E-state index in [1.807, 2.05) is 25.1 Å². The van der Waals surface area contributed by atoms with Crippen LogP contribution in [-0.2, 0) is 10.0 Å². The molecule has 0 radical (unpaired) electrons. The van der Waals surface area contributed by atoms with Gasteiger partial charge in [-0.2, -0.15) is 4.31 Å². The summed E-state index contributed by atoms with van der Waals surface area (Å²) in [7, 11) is -3.53. The van der Waals surface area contributed by atoms with Crippen LogP contribution < -0.4 is 14.8 Å². The van der Waals surface area contributed by atoms with Gasteiger partial charge in [0, 0.05) is 18.7 Å². The zero-order chi connectivity index (χ0) is 21.8. The van der Waals surface area contributed by atoms with Crippen LogP contribution >= 0.6 is 0 Å². The van der Waals surface area contributed by atoms with Crippen LogP contribution in [0.15, 0.2) is 47.4 Å². The quantitative estimate of drug-likeness (QED) is 0.763. The Balaban J connectivity index is 1.43. The van der Waals surface area contributed by atoms with E-state index in [-0.39, 0.29) is 16.8 Å². The number of hydrogen-bond acceptors (Lipinski definition) is 5. The molecule has 2 heterocycles. The summed E-state index contributed by atoms with van der Waals surface area (Å²) < 4.78 is 38.5. The van der Waals surface area contributed by atoms with Crippen molar-refractivity contribution >= 4 is 15.9 Å². The number of carbonyl (C=O) groups excluding carboxylic acids is 1. The Hall–Kier alpha value is -2.58. The lowest BCUT2D eigenvalue weighted by Crippen LogP contribution is -2.32. The molecule has 0 saturated carbocycles. The van der Waals surface area contributed by atoms with Crippen molar-refractivity contribution < 1.29 is 22.7 Å². The number of ether oxygens (including phenoxy) is 2. The lowest BCUT2D eigenvalue weighted by atomic mass is 10.1. The van der Waals surface area contributed by atoms with Gasteiger partial charge in [0.05, 0.1) is 10.9 Å². The van der Waals surface area contributed by atoms with Gasteiger partial charge in [-0.05, 0) is 61.7 Å². The van der Waals surface area contributed by atoms with Gasteiger partial charge in [0.2, 0.25) is 10.0 Å². The second-order valence-corrected chi connectivity index (χ2v) is 9.88. The van der Waals surface area contributed by atoms with Crippen LogP contribution in [0.25, 0.3) is 0 Å². The molecule has 31 heavy (non-hydrogen) atoms. The first-order valence-electron chi connectivity index (χ1n) is 10.8. The second-order valence-electron chi connectivity index (χ2n) is 7.94. The van der Waals surface area contributed by atoms with Crippen LogP contribution in [0.4, 0.5) is 0 Å². The molecule has 1 saturated heterocycles. The molecule has 2 aromatic rings. The predicted molar refractivity (Wildman–Crippen MR) is 117 cm³/mol. The first-order valence-corrected chi connectivity index (χ1v) is 12.2. The van der Waals surface area contributed by atoms with E-state index in [0.29, 0.717) is 43.4 Å². The van der Waals surface area contributed by atoms with Gasteiger partial charge in [0.25, 0.3) is 5.91 Å². The zero-order valence-electron chi connectivity index (χ0n) is 17.7. The van der Waals surface area contributed by atoms with Crippen molar-refractivity contribution in [3.8, 4) is 11.5 Å². The zero-order valence-corrected chi connectivity index (χ0v) is 18.5. The third-order valence-electron chi connectivity index (χ3n) is 5.73. The summed E-state index contributed by atoms with van der Waals surface area (Å²) in [6.07, 6.45) is 3.90. The molecule has 1 N–H and O–H groups in total. The highest BCUT2D eigenvalue weighted by atomic mass is 32.2. The molecular formula is C23H28N2O5S. The molecule has 166 valence electrons. The summed E-state index contributed by atoms with van der Waals surface area (Å²) in [4.78, 5) is 12.9. The lowest BCUT2D eigenvalue weighted by Gasteiger charge is -2.21. The van der Waals surface area contributed by atoms with E-state index >= 15 is 0 Å². The number of amides is 1. The molecule has 4 rings (SSSR count). The molecule has 2 aliphatic rings. The SMILES string of the molecule is C[C@H](NC(=O)c1ccc(S(=O)(=O)N2CCCCCC2)cc1)c1ccc2c(c1)OCCO2. The minimum atomic E-state index is -3.53. The Labute approximate surface area is 183 Å². The van der Waals surface area contributed by atoms with E-state index in [1.165, 1.54) is 12.1 Å². The second kappa shape index (κ2) is 9.28. The highest BCUT2D eigenvalue weighted by Gasteiger charge is 2.25. The fraction of sp³-hybridized carbons (Fsp3) is 0.435. The molecule has 2 aromatic carbocycles. The molecule has 0 unspecified atom stereocenters. The van der Waals surface area contributed by atoms with Crippen LogP contribution in [0.3, 0.4) is 0 Å². The maximum atomic E-state index is 12.9. The van der Waals surface area contributed by atoms with Crippen molar-refractivity contribution in [1.29, 1.82) is 0 Å². The van der Waals surface area contributed by atoms with E-state index in [9.17, 15) is 13.2 Å². The first kappa shape index (κ1) is 21.6. The van der Waals surface area contributed by atoms with Gasteiger partial charge in [-0.25, -0.2) is 8.42 Å². The largest absolute Gasteiger partial charge is 0.486 e. The average molecular weight is 445 g/mol. The molecule has 7 nitrogen and oxygen atoms in total. The van der Waals surface area contributed by atoms with E-state index < -0.39 is 10.0 Å². The van der Waals surface area contributed by atoms with Crippen LogP contribution in [0, 0.1) is 0 Å². The van der Waals surface area contributed by atoms with Crippen molar-refractivity contribution in [3.63, 3.8) is 0 Å². The Bertz CT molecular complexity index is 1030. The number of sulfonamides is 1. The third kappa shape index (κ3) is 4.85. The van der Waals surface area contributed by atoms with E-state index in [0.717, 1.165) is 31.2 Å². The van der Waals surface area contributed by atoms with Gasteiger partial charge in [-0.15, -0.1) is 0 Å². The molecule has 1 amide bonds. The van der Waals surface area contributed by atoms with Crippen molar-refractivity contribution in [1.82, 2.24) is 9.62 Å². The van der Waals surface area contributed by atoms with Crippen molar-refractivity contribution in [2.24, 2.45) is 0 Å². The van der Waals surface area contributed by atoms with E-state index in [2.05, 4.69) is 5.32 Å². The molecule has 2 aliphatic heterocycles. The number of benzene rings is 2. The Morgan fingerprint density at radius 3 is 2.26 bits per heavy atom. The minimum absolute atomic E-state index is 0.228. The van der Waals surface area contributed by atoms with Crippen molar-refractivity contribution in [2.75, 3.05) is 26.3 Å². The Morgan fingerprint density at radius 2 is 1.58 bits per heavy atom. The number of nitrogens with one attached hydrogen (secondary N) is 1.